The van der Waals surface area contributed by atoms with Gasteiger partial charge in [-0.25, -0.2) is 0 Å². The summed E-state index contributed by atoms with van der Waals surface area (Å²) >= 11 is 0.795. The van der Waals surface area contributed by atoms with Gasteiger partial charge in [0.1, 0.15) is 0 Å². The summed E-state index contributed by atoms with van der Waals surface area (Å²) in [7, 11) is 0. The van der Waals surface area contributed by atoms with Gasteiger partial charge in [-0.05, 0) is 0 Å². The van der Waals surface area contributed by atoms with Crippen molar-refractivity contribution >= 4 is 33.9 Å². The molecule has 0 aromatic heterocycles. The van der Waals surface area contributed by atoms with Crippen molar-refractivity contribution in [3.05, 3.63) is 0 Å². The van der Waals surface area contributed by atoms with Crippen LogP contribution in [0.1, 0.15) is 90.4 Å². The summed E-state index contributed by atoms with van der Waals surface area (Å²) in [5.41, 5.74) is 0. The van der Waals surface area contributed by atoms with Crippen molar-refractivity contribution in [1.29, 1.82) is 0 Å². The van der Waals surface area contributed by atoms with Crippen molar-refractivity contribution in [3.8, 4) is 0 Å². The summed E-state index contributed by atoms with van der Waals surface area (Å²) in [4.78, 5) is 10.7. The van der Waals surface area contributed by atoms with Crippen LogP contribution in [0.25, 0.3) is 0 Å². The second-order valence-electron chi connectivity index (χ2n) is 5.92. The Labute approximate surface area is 137 Å². The molecule has 0 amide bonds. The van der Waals surface area contributed by atoms with Crippen LogP contribution in [0.5, 0.6) is 0 Å². The molecule has 19 heavy (non-hydrogen) atoms. The molecule has 0 aliphatic rings. The van der Waals surface area contributed by atoms with E-state index in [2.05, 4.69) is 6.92 Å². The Morgan fingerprint density at radius 3 is 1.58 bits per heavy atom. The fourth-order valence-corrected chi connectivity index (χ4v) is 2.82. The van der Waals surface area contributed by atoms with E-state index < -0.39 is 5.97 Å². The zero-order valence-corrected chi connectivity index (χ0v) is 15.1. The molecule has 108 valence electrons. The molecule has 0 aromatic rings. The maximum atomic E-state index is 10.7. The number of rotatable bonds is 14. The number of aliphatic carboxylic acids is 1. The number of hydrogen-bond acceptors (Lipinski definition) is 1. The van der Waals surface area contributed by atoms with Crippen LogP contribution in [0, 0.1) is 0 Å². The summed E-state index contributed by atoms with van der Waals surface area (Å²) in [5.74, 6) is -0.588. The molecule has 0 aromatic carbocycles. The maximum absolute atomic E-state index is 10.7. The average Bonchev–Trinajstić information content (AvgIpc) is 2.39. The molecule has 0 saturated heterocycles. The van der Waals surface area contributed by atoms with E-state index in [0.29, 0.717) is 0 Å². The Bertz CT molecular complexity index is 207. The first-order valence-electron chi connectivity index (χ1n) is 8.41. The minimum atomic E-state index is -0.588. The van der Waals surface area contributed by atoms with E-state index in [0.717, 1.165) is 40.8 Å². The normalized spacial score (nSPS) is 12.6. The zero-order chi connectivity index (χ0) is 14.3. The molecule has 1 unspecified atom stereocenters. The molecular formula is C16H31NaO2. The molecular weight excluding hydrogens is 247 g/mol. The van der Waals surface area contributed by atoms with Crippen molar-refractivity contribution < 1.29 is 9.90 Å². The number of carboxylic acids is 1. The number of carbonyl (C=O) groups is 1. The minimum absolute atomic E-state index is 0.0249. The van der Waals surface area contributed by atoms with Crippen LogP contribution in [0.3, 0.4) is 0 Å². The summed E-state index contributed by atoms with van der Waals surface area (Å²) in [5, 5.41) is 8.79. The summed E-state index contributed by atoms with van der Waals surface area (Å²) in [6.45, 7) is 2.26. The molecule has 2 nitrogen and oxygen atoms in total. The van der Waals surface area contributed by atoms with Crippen LogP contribution in [-0.4, -0.2) is 39.0 Å². The average molecular weight is 278 g/mol. The van der Waals surface area contributed by atoms with Gasteiger partial charge >= 0.3 is 118 Å². The van der Waals surface area contributed by atoms with E-state index in [-0.39, 0.29) is 3.17 Å². The van der Waals surface area contributed by atoms with Crippen LogP contribution in [0.2, 0.25) is 3.17 Å². The first-order valence-corrected chi connectivity index (χ1v) is 9.56. The second kappa shape index (κ2) is 14.9. The van der Waals surface area contributed by atoms with Crippen molar-refractivity contribution in [2.75, 3.05) is 0 Å². The summed E-state index contributed by atoms with van der Waals surface area (Å²) in [6.07, 6.45) is 17.0. The van der Waals surface area contributed by atoms with Crippen LogP contribution in [-0.2, 0) is 4.79 Å². The zero-order valence-electron chi connectivity index (χ0n) is 13.1. The number of hydrogen-bond donors (Lipinski definition) is 1. The van der Waals surface area contributed by atoms with Gasteiger partial charge in [-0.1, -0.05) is 19.8 Å². The molecule has 0 heterocycles. The third-order valence-electron chi connectivity index (χ3n) is 3.91. The van der Waals surface area contributed by atoms with Crippen molar-refractivity contribution in [2.24, 2.45) is 0 Å². The molecule has 0 saturated carbocycles. The quantitative estimate of drug-likeness (QED) is 0.354. The third kappa shape index (κ3) is 14.7. The van der Waals surface area contributed by atoms with Crippen LogP contribution in [0.15, 0.2) is 0 Å². The molecule has 3 heteroatoms. The molecule has 0 aliphatic carbocycles. The van der Waals surface area contributed by atoms with E-state index in [1.165, 1.54) is 70.6 Å². The monoisotopic (exact) mass is 278 g/mol. The molecule has 0 radical (unpaired) electrons. The van der Waals surface area contributed by atoms with Gasteiger partial charge in [-0.15, -0.1) is 0 Å². The standard InChI is InChI=1S/C16H31O2.Na/c1-2-3-4-5-6-7-8-9-10-11-12-13-14-15-16(17)18;/h15H,2-14H2,1H3,(H,17,18);. The third-order valence-corrected chi connectivity index (χ3v) is 4.98. The van der Waals surface area contributed by atoms with Gasteiger partial charge in [0.25, 0.3) is 0 Å². The summed E-state index contributed by atoms with van der Waals surface area (Å²) in [6, 6.07) is 0. The Morgan fingerprint density at radius 1 is 0.842 bits per heavy atom. The van der Waals surface area contributed by atoms with Crippen molar-refractivity contribution in [2.45, 2.75) is 93.6 Å². The molecule has 0 spiro atoms. The van der Waals surface area contributed by atoms with Gasteiger partial charge in [-0.2, -0.15) is 0 Å². The predicted octanol–water partition coefficient (Wildman–Crippen LogP) is 5.12. The fourth-order valence-electron chi connectivity index (χ4n) is 2.41. The van der Waals surface area contributed by atoms with Crippen LogP contribution >= 0.6 is 0 Å². The Balaban J connectivity index is 3.05. The van der Waals surface area contributed by atoms with Crippen molar-refractivity contribution in [1.82, 2.24) is 0 Å². The van der Waals surface area contributed by atoms with E-state index in [1.54, 1.807) is 0 Å². The Hall–Kier alpha value is 0.470. The van der Waals surface area contributed by atoms with E-state index >= 15 is 0 Å². The molecule has 1 atom stereocenters. The Morgan fingerprint density at radius 2 is 1.21 bits per heavy atom. The van der Waals surface area contributed by atoms with E-state index in [9.17, 15) is 4.79 Å². The molecule has 0 fully saturated rings. The molecule has 1 N–H and O–H groups in total. The van der Waals surface area contributed by atoms with Gasteiger partial charge < -0.3 is 0 Å². The van der Waals surface area contributed by atoms with Gasteiger partial charge in [0.05, 0.1) is 0 Å². The van der Waals surface area contributed by atoms with Gasteiger partial charge in [0.15, 0.2) is 0 Å². The van der Waals surface area contributed by atoms with Crippen LogP contribution < -0.4 is 0 Å². The van der Waals surface area contributed by atoms with Gasteiger partial charge in [0.2, 0.25) is 0 Å². The molecule has 0 bridgehead atoms. The first kappa shape index (κ1) is 19.5. The second-order valence-corrected chi connectivity index (χ2v) is 7.31. The fraction of sp³-hybridized carbons (Fsp3) is 0.938. The first-order chi connectivity index (χ1) is 9.18. The van der Waals surface area contributed by atoms with E-state index in [1.807, 2.05) is 0 Å². The van der Waals surface area contributed by atoms with Crippen molar-refractivity contribution in [3.63, 3.8) is 0 Å². The predicted molar refractivity (Wildman–Crippen MR) is 82.8 cm³/mol. The molecule has 0 rings (SSSR count). The van der Waals surface area contributed by atoms with Crippen LogP contribution in [0.4, 0.5) is 0 Å². The topological polar surface area (TPSA) is 37.3 Å². The van der Waals surface area contributed by atoms with Gasteiger partial charge in [-0.3, -0.25) is 0 Å². The van der Waals surface area contributed by atoms with E-state index in [4.69, 9.17) is 5.11 Å². The summed E-state index contributed by atoms with van der Waals surface area (Å²) < 4.78 is -0.0249. The SMILES string of the molecule is CCCCCCCCCCCCCC[CH]([Na])C(=O)O. The number of carboxylic acid groups (broad SMARTS) is 1. The van der Waals surface area contributed by atoms with Gasteiger partial charge in [0, 0.05) is 0 Å². The number of unbranched alkanes of at least 4 members (excludes halogenated alkanes) is 11. The molecule has 0 aliphatic heterocycles. The Kier molecular flexibility index (Phi) is 15.2.